The van der Waals surface area contributed by atoms with Crippen molar-refractivity contribution in [2.45, 2.75) is 32.2 Å². The molecule has 1 heterocycles. The molecule has 0 aliphatic heterocycles. The van der Waals surface area contributed by atoms with Gasteiger partial charge in [-0.3, -0.25) is 9.59 Å². The maximum Gasteiger partial charge on any atom is 0.248 e. The van der Waals surface area contributed by atoms with E-state index in [2.05, 4.69) is 5.32 Å². The van der Waals surface area contributed by atoms with Crippen molar-refractivity contribution < 1.29 is 14.3 Å². The highest BCUT2D eigenvalue weighted by molar-refractivity contribution is 7.09. The van der Waals surface area contributed by atoms with Crippen LogP contribution in [0.1, 0.15) is 24.6 Å². The molecule has 1 aromatic heterocycles. The summed E-state index contributed by atoms with van der Waals surface area (Å²) in [7, 11) is 1.59. The lowest BCUT2D eigenvalue weighted by atomic mass is 9.94. The molecular weight excluding hydrogens is 360 g/mol. The molecule has 0 saturated heterocycles. The van der Waals surface area contributed by atoms with Gasteiger partial charge in [0.1, 0.15) is 11.5 Å². The summed E-state index contributed by atoms with van der Waals surface area (Å²) in [6.07, 6.45) is 4.94. The molecule has 0 radical (unpaired) electrons. The fourth-order valence-corrected chi connectivity index (χ4v) is 3.36. The predicted octanol–water partition coefficient (Wildman–Crippen LogP) is 3.81. The molecule has 2 aromatic rings. The van der Waals surface area contributed by atoms with Crippen molar-refractivity contribution in [3.05, 3.63) is 58.8 Å². The first-order chi connectivity index (χ1) is 13.0. The highest BCUT2D eigenvalue weighted by Gasteiger charge is 2.18. The van der Waals surface area contributed by atoms with Crippen LogP contribution in [0.2, 0.25) is 0 Å². The highest BCUT2D eigenvalue weighted by Crippen LogP contribution is 2.17. The number of Topliss-reactive ketones (excluding diaryl/α,β-unsaturated/α-hetero) is 1. The second-order valence-electron chi connectivity index (χ2n) is 6.31. The Kier molecular flexibility index (Phi) is 8.23. The Morgan fingerprint density at radius 3 is 2.59 bits per heavy atom. The van der Waals surface area contributed by atoms with E-state index >= 15 is 0 Å². The number of nitrogens with one attached hydrogen (secondary N) is 1. The Hall–Kier alpha value is -2.44. The molecule has 0 aliphatic carbocycles. The lowest BCUT2D eigenvalue weighted by Crippen LogP contribution is -2.33. The number of thiophene rings is 1. The number of nitrogens with two attached hydrogens (primary N) is 1. The molecule has 0 fully saturated rings. The molecule has 3 N–H and O–H groups in total. The van der Waals surface area contributed by atoms with E-state index in [0.717, 1.165) is 17.0 Å². The Balaban J connectivity index is 1.84. The number of ether oxygens (including phenoxy) is 1. The van der Waals surface area contributed by atoms with Crippen molar-refractivity contribution in [2.24, 2.45) is 11.7 Å². The Labute approximate surface area is 164 Å². The SMILES string of the molecule is CC[C@@H](/C=C/C(=O)Nc1ccc(OC)cc1)CC(=O)[C@@H](N)Cc1cccs1. The minimum absolute atomic E-state index is 0.00602. The minimum Gasteiger partial charge on any atom is -0.497 e. The highest BCUT2D eigenvalue weighted by atomic mass is 32.1. The summed E-state index contributed by atoms with van der Waals surface area (Å²) in [5.41, 5.74) is 6.72. The zero-order valence-electron chi connectivity index (χ0n) is 15.7. The lowest BCUT2D eigenvalue weighted by molar-refractivity contribution is -0.121. The van der Waals surface area contributed by atoms with Crippen molar-refractivity contribution >= 4 is 28.7 Å². The van der Waals surface area contributed by atoms with E-state index in [1.165, 1.54) is 6.08 Å². The van der Waals surface area contributed by atoms with E-state index in [1.807, 2.05) is 24.4 Å². The van der Waals surface area contributed by atoms with Gasteiger partial charge in [-0.15, -0.1) is 11.3 Å². The maximum absolute atomic E-state index is 12.4. The number of hydrogen-bond donors (Lipinski definition) is 2. The fraction of sp³-hybridized carbons (Fsp3) is 0.333. The van der Waals surface area contributed by atoms with Gasteiger partial charge in [-0.2, -0.15) is 0 Å². The standard InChI is InChI=1S/C21H26N2O3S/c1-3-15(13-20(24)19(22)14-18-5-4-12-27-18)6-11-21(25)23-16-7-9-17(26-2)10-8-16/h4-12,15,19H,3,13-14,22H2,1-2H3,(H,23,25)/b11-6+/t15-,19-/m0/s1. The molecule has 2 rings (SSSR count). The molecule has 0 aliphatic rings. The zero-order chi connectivity index (χ0) is 19.6. The Morgan fingerprint density at radius 1 is 1.26 bits per heavy atom. The first kappa shape index (κ1) is 20.9. The molecule has 5 nitrogen and oxygen atoms in total. The number of hydrogen-bond acceptors (Lipinski definition) is 5. The van der Waals surface area contributed by atoms with Gasteiger partial charge in [-0.1, -0.05) is 19.1 Å². The Morgan fingerprint density at radius 2 is 2.00 bits per heavy atom. The quantitative estimate of drug-likeness (QED) is 0.609. The van der Waals surface area contributed by atoms with Gasteiger partial charge in [-0.25, -0.2) is 0 Å². The molecule has 6 heteroatoms. The number of carbonyl (C=O) groups excluding carboxylic acids is 2. The summed E-state index contributed by atoms with van der Waals surface area (Å²) >= 11 is 1.60. The Bertz CT molecular complexity index is 754. The molecular formula is C21H26N2O3S. The second kappa shape index (κ2) is 10.6. The molecule has 0 bridgehead atoms. The van der Waals surface area contributed by atoms with Gasteiger partial charge < -0.3 is 15.8 Å². The summed E-state index contributed by atoms with van der Waals surface area (Å²) in [5, 5.41) is 4.77. The van der Waals surface area contributed by atoms with Gasteiger partial charge in [0, 0.05) is 23.4 Å². The maximum atomic E-state index is 12.4. The first-order valence-corrected chi connectivity index (χ1v) is 9.83. The van der Waals surface area contributed by atoms with Crippen LogP contribution >= 0.6 is 11.3 Å². The first-order valence-electron chi connectivity index (χ1n) is 8.95. The van der Waals surface area contributed by atoms with Crippen LogP contribution in [-0.2, 0) is 16.0 Å². The molecule has 0 saturated carbocycles. The number of rotatable bonds is 10. The van der Waals surface area contributed by atoms with Crippen LogP contribution < -0.4 is 15.8 Å². The van der Waals surface area contributed by atoms with Crippen molar-refractivity contribution in [3.63, 3.8) is 0 Å². The summed E-state index contributed by atoms with van der Waals surface area (Å²) in [6.45, 7) is 1.99. The summed E-state index contributed by atoms with van der Waals surface area (Å²) < 4.78 is 5.09. The third kappa shape index (κ3) is 7.00. The van der Waals surface area contributed by atoms with Crippen LogP contribution in [0.15, 0.2) is 53.9 Å². The molecule has 144 valence electrons. The van der Waals surface area contributed by atoms with Gasteiger partial charge in [0.15, 0.2) is 0 Å². The van der Waals surface area contributed by atoms with Gasteiger partial charge in [0.25, 0.3) is 0 Å². The number of benzene rings is 1. The predicted molar refractivity (Wildman–Crippen MR) is 110 cm³/mol. The number of allylic oxidation sites excluding steroid dienone is 1. The molecule has 1 amide bonds. The van der Waals surface area contributed by atoms with Crippen molar-refractivity contribution in [2.75, 3.05) is 12.4 Å². The molecule has 27 heavy (non-hydrogen) atoms. The largest absolute Gasteiger partial charge is 0.497 e. The third-order valence-electron chi connectivity index (χ3n) is 4.28. The molecule has 1 aromatic carbocycles. The van der Waals surface area contributed by atoms with Gasteiger partial charge in [-0.05, 0) is 54.1 Å². The molecule has 0 unspecified atom stereocenters. The van der Waals surface area contributed by atoms with Crippen molar-refractivity contribution in [3.8, 4) is 5.75 Å². The molecule has 0 spiro atoms. The van der Waals surface area contributed by atoms with E-state index in [9.17, 15) is 9.59 Å². The average molecular weight is 387 g/mol. The number of anilines is 1. The fourth-order valence-electron chi connectivity index (χ4n) is 2.60. The zero-order valence-corrected chi connectivity index (χ0v) is 16.5. The lowest BCUT2D eigenvalue weighted by Gasteiger charge is -2.13. The monoisotopic (exact) mass is 386 g/mol. The smallest absolute Gasteiger partial charge is 0.248 e. The van der Waals surface area contributed by atoms with Gasteiger partial charge in [0.2, 0.25) is 5.91 Å². The topological polar surface area (TPSA) is 81.4 Å². The van der Waals surface area contributed by atoms with Crippen LogP contribution in [0.3, 0.4) is 0 Å². The van der Waals surface area contributed by atoms with E-state index in [1.54, 1.807) is 48.8 Å². The number of amides is 1. The number of carbonyl (C=O) groups is 2. The van der Waals surface area contributed by atoms with E-state index in [0.29, 0.717) is 18.5 Å². The number of ketones is 1. The van der Waals surface area contributed by atoms with Gasteiger partial charge >= 0.3 is 0 Å². The van der Waals surface area contributed by atoms with Crippen LogP contribution in [-0.4, -0.2) is 24.8 Å². The van der Waals surface area contributed by atoms with Crippen LogP contribution in [0.25, 0.3) is 0 Å². The average Bonchev–Trinajstić information content (AvgIpc) is 3.18. The number of methoxy groups -OCH3 is 1. The molecule has 2 atom stereocenters. The van der Waals surface area contributed by atoms with Crippen LogP contribution in [0.4, 0.5) is 5.69 Å². The van der Waals surface area contributed by atoms with E-state index in [-0.39, 0.29) is 17.6 Å². The third-order valence-corrected chi connectivity index (χ3v) is 5.18. The van der Waals surface area contributed by atoms with Crippen molar-refractivity contribution in [1.29, 1.82) is 0 Å². The van der Waals surface area contributed by atoms with Crippen LogP contribution in [0.5, 0.6) is 5.75 Å². The van der Waals surface area contributed by atoms with Gasteiger partial charge in [0.05, 0.1) is 13.2 Å². The van der Waals surface area contributed by atoms with Crippen molar-refractivity contribution in [1.82, 2.24) is 0 Å². The summed E-state index contributed by atoms with van der Waals surface area (Å²) in [5.74, 6) is 0.518. The minimum atomic E-state index is -0.501. The van der Waals surface area contributed by atoms with Crippen LogP contribution in [0, 0.1) is 5.92 Å². The van der Waals surface area contributed by atoms with E-state index < -0.39 is 6.04 Å². The van der Waals surface area contributed by atoms with E-state index in [4.69, 9.17) is 10.5 Å². The summed E-state index contributed by atoms with van der Waals surface area (Å²) in [6, 6.07) is 10.5. The second-order valence-corrected chi connectivity index (χ2v) is 7.34. The summed E-state index contributed by atoms with van der Waals surface area (Å²) in [4.78, 5) is 25.6. The normalized spacial score (nSPS) is 13.3.